The molecule has 0 atom stereocenters. The predicted molar refractivity (Wildman–Crippen MR) is 75.4 cm³/mol. The van der Waals surface area contributed by atoms with Crippen LogP contribution in [-0.4, -0.2) is 4.98 Å². The molecule has 90 valence electrons. The molecule has 0 fully saturated rings. The molecule has 2 aromatic carbocycles. The third kappa shape index (κ3) is 2.15. The number of fused-ring (bicyclic) bond motifs is 1. The van der Waals surface area contributed by atoms with Gasteiger partial charge in [0.1, 0.15) is 0 Å². The molecule has 0 saturated heterocycles. The Kier molecular flexibility index (Phi) is 2.87. The van der Waals surface area contributed by atoms with Gasteiger partial charge in [-0.05, 0) is 34.7 Å². The van der Waals surface area contributed by atoms with Crippen LogP contribution in [-0.2, 0) is 13.0 Å². The number of H-pyrrole nitrogens is 1. The van der Waals surface area contributed by atoms with Gasteiger partial charge in [-0.15, -0.1) is 0 Å². The first-order valence-electron chi connectivity index (χ1n) is 6.19. The van der Waals surface area contributed by atoms with E-state index < -0.39 is 0 Å². The summed E-state index contributed by atoms with van der Waals surface area (Å²) in [6.45, 7) is 0.592. The molecule has 0 radical (unpaired) electrons. The molecule has 1 aromatic heterocycles. The second kappa shape index (κ2) is 4.67. The van der Waals surface area contributed by atoms with Crippen molar-refractivity contribution < 1.29 is 0 Å². The first-order chi connectivity index (χ1) is 8.85. The van der Waals surface area contributed by atoms with E-state index in [1.54, 1.807) is 0 Å². The normalized spacial score (nSPS) is 10.9. The monoisotopic (exact) mass is 236 g/mol. The summed E-state index contributed by atoms with van der Waals surface area (Å²) in [6.07, 6.45) is 0.938. The van der Waals surface area contributed by atoms with Gasteiger partial charge < -0.3 is 10.7 Å². The number of nitrogens with one attached hydrogen (secondary N) is 1. The quantitative estimate of drug-likeness (QED) is 0.720. The van der Waals surface area contributed by atoms with E-state index in [2.05, 4.69) is 53.5 Å². The lowest BCUT2D eigenvalue weighted by molar-refractivity contribution is 1.08. The van der Waals surface area contributed by atoms with Crippen molar-refractivity contribution in [1.82, 2.24) is 4.98 Å². The first-order valence-corrected chi connectivity index (χ1v) is 6.19. The number of aromatic amines is 1. The molecule has 0 bridgehead atoms. The summed E-state index contributed by atoms with van der Waals surface area (Å²) < 4.78 is 0. The number of benzene rings is 2. The van der Waals surface area contributed by atoms with Crippen LogP contribution in [0.1, 0.15) is 16.8 Å². The molecule has 3 aromatic rings. The van der Waals surface area contributed by atoms with E-state index >= 15 is 0 Å². The highest BCUT2D eigenvalue weighted by Crippen LogP contribution is 2.19. The minimum absolute atomic E-state index is 0.592. The van der Waals surface area contributed by atoms with E-state index in [-0.39, 0.29) is 0 Å². The summed E-state index contributed by atoms with van der Waals surface area (Å²) in [5.41, 5.74) is 10.6. The fourth-order valence-corrected chi connectivity index (χ4v) is 2.28. The predicted octanol–water partition coefficient (Wildman–Crippen LogP) is 3.22. The fourth-order valence-electron chi connectivity index (χ4n) is 2.28. The van der Waals surface area contributed by atoms with Crippen LogP contribution in [0.15, 0.2) is 54.6 Å². The highest BCUT2D eigenvalue weighted by Gasteiger charge is 2.02. The number of hydrogen-bond donors (Lipinski definition) is 2. The number of nitrogens with two attached hydrogens (primary N) is 1. The standard InChI is InChI=1S/C16H16N2/c17-11-13-6-7-16-14(8-13)10-15(18-16)9-12-4-2-1-3-5-12/h1-8,10,18H,9,11,17H2. The lowest BCUT2D eigenvalue weighted by Crippen LogP contribution is -1.94. The van der Waals surface area contributed by atoms with Gasteiger partial charge in [0, 0.05) is 24.2 Å². The van der Waals surface area contributed by atoms with Crippen LogP contribution in [0.2, 0.25) is 0 Å². The SMILES string of the molecule is NCc1ccc2[nH]c(Cc3ccccc3)cc2c1. The molecule has 2 nitrogen and oxygen atoms in total. The molecule has 0 saturated carbocycles. The third-order valence-corrected chi connectivity index (χ3v) is 3.21. The molecular weight excluding hydrogens is 220 g/mol. The Morgan fingerprint density at radius 2 is 1.72 bits per heavy atom. The van der Waals surface area contributed by atoms with E-state index in [0.29, 0.717) is 6.54 Å². The summed E-state index contributed by atoms with van der Waals surface area (Å²) in [5.74, 6) is 0. The Hall–Kier alpha value is -2.06. The average molecular weight is 236 g/mol. The van der Waals surface area contributed by atoms with Crippen molar-refractivity contribution in [3.05, 3.63) is 71.4 Å². The molecule has 2 heteroatoms. The number of hydrogen-bond acceptors (Lipinski definition) is 1. The van der Waals surface area contributed by atoms with Crippen molar-refractivity contribution >= 4 is 10.9 Å². The Bertz CT molecular complexity index is 653. The zero-order valence-corrected chi connectivity index (χ0v) is 10.2. The van der Waals surface area contributed by atoms with Gasteiger partial charge in [-0.2, -0.15) is 0 Å². The zero-order valence-electron chi connectivity index (χ0n) is 10.2. The van der Waals surface area contributed by atoms with Crippen molar-refractivity contribution in [2.75, 3.05) is 0 Å². The molecule has 0 unspecified atom stereocenters. The van der Waals surface area contributed by atoms with Crippen LogP contribution in [0.4, 0.5) is 0 Å². The van der Waals surface area contributed by atoms with Crippen molar-refractivity contribution in [3.8, 4) is 0 Å². The van der Waals surface area contributed by atoms with Crippen molar-refractivity contribution in [3.63, 3.8) is 0 Å². The van der Waals surface area contributed by atoms with Crippen LogP contribution < -0.4 is 5.73 Å². The summed E-state index contributed by atoms with van der Waals surface area (Å²) in [5, 5.41) is 1.24. The van der Waals surface area contributed by atoms with Crippen LogP contribution in [0.3, 0.4) is 0 Å². The topological polar surface area (TPSA) is 41.8 Å². The highest BCUT2D eigenvalue weighted by atomic mass is 14.7. The largest absolute Gasteiger partial charge is 0.358 e. The Labute approximate surface area is 106 Å². The maximum Gasteiger partial charge on any atom is 0.0456 e. The van der Waals surface area contributed by atoms with Crippen LogP contribution in [0.25, 0.3) is 10.9 Å². The van der Waals surface area contributed by atoms with E-state index in [1.165, 1.54) is 27.7 Å². The minimum Gasteiger partial charge on any atom is -0.358 e. The minimum atomic E-state index is 0.592. The molecule has 18 heavy (non-hydrogen) atoms. The first kappa shape index (κ1) is 11.1. The van der Waals surface area contributed by atoms with Crippen molar-refractivity contribution in [2.45, 2.75) is 13.0 Å². The van der Waals surface area contributed by atoms with Gasteiger partial charge in [-0.1, -0.05) is 36.4 Å². The van der Waals surface area contributed by atoms with Gasteiger partial charge in [0.25, 0.3) is 0 Å². The third-order valence-electron chi connectivity index (χ3n) is 3.21. The smallest absolute Gasteiger partial charge is 0.0456 e. The molecule has 3 rings (SSSR count). The van der Waals surface area contributed by atoms with Crippen LogP contribution in [0, 0.1) is 0 Å². The molecule has 0 amide bonds. The van der Waals surface area contributed by atoms with Gasteiger partial charge in [-0.25, -0.2) is 0 Å². The van der Waals surface area contributed by atoms with Gasteiger partial charge in [0.15, 0.2) is 0 Å². The second-order valence-corrected chi connectivity index (χ2v) is 4.58. The van der Waals surface area contributed by atoms with Crippen molar-refractivity contribution in [2.24, 2.45) is 5.73 Å². The molecule has 0 spiro atoms. The van der Waals surface area contributed by atoms with Crippen molar-refractivity contribution in [1.29, 1.82) is 0 Å². The molecule has 0 aliphatic heterocycles. The summed E-state index contributed by atoms with van der Waals surface area (Å²) >= 11 is 0. The molecule has 0 aliphatic carbocycles. The van der Waals surface area contributed by atoms with E-state index in [4.69, 9.17) is 5.73 Å². The zero-order chi connectivity index (χ0) is 12.4. The lowest BCUT2D eigenvalue weighted by atomic mass is 10.1. The fraction of sp³-hybridized carbons (Fsp3) is 0.125. The maximum absolute atomic E-state index is 5.66. The van der Waals surface area contributed by atoms with Gasteiger partial charge in [-0.3, -0.25) is 0 Å². The lowest BCUT2D eigenvalue weighted by Gasteiger charge is -1.97. The Morgan fingerprint density at radius 3 is 2.50 bits per heavy atom. The second-order valence-electron chi connectivity index (χ2n) is 4.58. The average Bonchev–Trinajstić information content (AvgIpc) is 2.80. The van der Waals surface area contributed by atoms with Crippen LogP contribution in [0.5, 0.6) is 0 Å². The van der Waals surface area contributed by atoms with Crippen LogP contribution >= 0.6 is 0 Å². The highest BCUT2D eigenvalue weighted by molar-refractivity contribution is 5.81. The summed E-state index contributed by atoms with van der Waals surface area (Å²) in [4.78, 5) is 3.45. The summed E-state index contributed by atoms with van der Waals surface area (Å²) in [6, 6.07) is 19.0. The van der Waals surface area contributed by atoms with E-state index in [1.807, 2.05) is 6.07 Å². The molecule has 0 aliphatic rings. The molecule has 3 N–H and O–H groups in total. The van der Waals surface area contributed by atoms with Gasteiger partial charge in [0.05, 0.1) is 0 Å². The summed E-state index contributed by atoms with van der Waals surface area (Å²) in [7, 11) is 0. The number of aromatic nitrogens is 1. The van der Waals surface area contributed by atoms with Gasteiger partial charge >= 0.3 is 0 Å². The van der Waals surface area contributed by atoms with E-state index in [0.717, 1.165) is 6.42 Å². The molecular formula is C16H16N2. The van der Waals surface area contributed by atoms with Gasteiger partial charge in [0.2, 0.25) is 0 Å². The molecule has 1 heterocycles. The Balaban J connectivity index is 1.94. The maximum atomic E-state index is 5.66. The van der Waals surface area contributed by atoms with E-state index in [9.17, 15) is 0 Å². The number of rotatable bonds is 3. The Morgan fingerprint density at radius 1 is 0.889 bits per heavy atom.